The van der Waals surface area contributed by atoms with Crippen molar-refractivity contribution in [3.63, 3.8) is 0 Å². The lowest BCUT2D eigenvalue weighted by Crippen LogP contribution is -2.63. The van der Waals surface area contributed by atoms with E-state index in [9.17, 15) is 8.42 Å². The highest BCUT2D eigenvalue weighted by molar-refractivity contribution is 7.88. The minimum Gasteiger partial charge on any atom is -0.378 e. The molecule has 0 unspecified atom stereocenters. The van der Waals surface area contributed by atoms with Crippen molar-refractivity contribution in [3.05, 3.63) is 0 Å². The predicted molar refractivity (Wildman–Crippen MR) is 87.3 cm³/mol. The molecular formula is C16H30N2O3S. The molecule has 1 saturated heterocycles. The van der Waals surface area contributed by atoms with Gasteiger partial charge >= 0.3 is 0 Å². The summed E-state index contributed by atoms with van der Waals surface area (Å²) in [6, 6.07) is 0.646. The fraction of sp³-hybridized carbons (Fsp3) is 1.00. The molecule has 0 aromatic rings. The SMILES string of the molecule is CCO[C@H]1C[C@H](NC[C@H]2CCCN2S(C)(=O)=O)C12CCCC2. The summed E-state index contributed by atoms with van der Waals surface area (Å²) < 4.78 is 31.3. The molecule has 1 spiro atoms. The number of nitrogens with zero attached hydrogens (tertiary/aromatic N) is 1. The lowest BCUT2D eigenvalue weighted by atomic mass is 9.60. The predicted octanol–water partition coefficient (Wildman–Crippen LogP) is 1.74. The average molecular weight is 330 g/mol. The van der Waals surface area contributed by atoms with Crippen molar-refractivity contribution in [2.75, 3.05) is 26.0 Å². The Labute approximate surface area is 134 Å². The Morgan fingerprint density at radius 1 is 1.27 bits per heavy atom. The van der Waals surface area contributed by atoms with Crippen LogP contribution in [0.15, 0.2) is 0 Å². The first-order valence-electron chi connectivity index (χ1n) is 8.79. The average Bonchev–Trinajstić information content (AvgIpc) is 3.10. The molecule has 2 saturated carbocycles. The fourth-order valence-corrected chi connectivity index (χ4v) is 6.08. The van der Waals surface area contributed by atoms with Gasteiger partial charge in [0.15, 0.2) is 0 Å². The van der Waals surface area contributed by atoms with Crippen molar-refractivity contribution >= 4 is 10.0 Å². The number of hydrogen-bond donors (Lipinski definition) is 1. The molecule has 3 aliphatic rings. The van der Waals surface area contributed by atoms with Gasteiger partial charge in [0, 0.05) is 37.2 Å². The van der Waals surface area contributed by atoms with Gasteiger partial charge in [-0.2, -0.15) is 4.31 Å². The molecule has 0 radical (unpaired) electrons. The highest BCUT2D eigenvalue weighted by Crippen LogP contribution is 2.54. The van der Waals surface area contributed by atoms with E-state index >= 15 is 0 Å². The van der Waals surface area contributed by atoms with Crippen LogP contribution in [0.25, 0.3) is 0 Å². The smallest absolute Gasteiger partial charge is 0.211 e. The van der Waals surface area contributed by atoms with E-state index < -0.39 is 10.0 Å². The monoisotopic (exact) mass is 330 g/mol. The molecule has 3 rings (SSSR count). The number of rotatable bonds is 6. The van der Waals surface area contributed by atoms with Crippen molar-refractivity contribution in [2.45, 2.75) is 70.1 Å². The van der Waals surface area contributed by atoms with Crippen molar-refractivity contribution < 1.29 is 13.2 Å². The summed E-state index contributed by atoms with van der Waals surface area (Å²) in [4.78, 5) is 0. The van der Waals surface area contributed by atoms with Crippen LogP contribution in [0.3, 0.4) is 0 Å². The molecule has 0 amide bonds. The van der Waals surface area contributed by atoms with Crippen LogP contribution < -0.4 is 5.32 Å². The molecule has 3 atom stereocenters. The van der Waals surface area contributed by atoms with Gasteiger partial charge < -0.3 is 10.1 Å². The standard InChI is InChI=1S/C16H30N2O3S/c1-3-21-15-11-14(16(15)8-4-5-9-16)17-12-13-7-6-10-18(13)22(2,19)20/h13-15,17H,3-12H2,1-2H3/t13-,14+,15+/m1/s1. The highest BCUT2D eigenvalue weighted by atomic mass is 32.2. The normalized spacial score (nSPS) is 35.1. The molecule has 3 fully saturated rings. The van der Waals surface area contributed by atoms with Gasteiger partial charge in [-0.05, 0) is 39.0 Å². The lowest BCUT2D eigenvalue weighted by Gasteiger charge is -2.54. The maximum absolute atomic E-state index is 11.8. The lowest BCUT2D eigenvalue weighted by molar-refractivity contribution is -0.130. The van der Waals surface area contributed by atoms with E-state index in [1.54, 1.807) is 4.31 Å². The molecular weight excluding hydrogens is 300 g/mol. The molecule has 6 heteroatoms. The Kier molecular flexibility index (Phi) is 4.84. The Morgan fingerprint density at radius 2 is 2.00 bits per heavy atom. The Balaban J connectivity index is 1.58. The molecule has 0 aromatic carbocycles. The molecule has 1 N–H and O–H groups in total. The molecule has 0 aromatic heterocycles. The molecule has 1 heterocycles. The van der Waals surface area contributed by atoms with E-state index in [1.165, 1.54) is 31.9 Å². The van der Waals surface area contributed by atoms with Crippen molar-refractivity contribution in [2.24, 2.45) is 5.41 Å². The third-order valence-corrected chi connectivity index (χ3v) is 7.37. The zero-order chi connectivity index (χ0) is 15.8. The Bertz CT molecular complexity index is 488. The van der Waals surface area contributed by atoms with Gasteiger partial charge in [0.1, 0.15) is 0 Å². The summed E-state index contributed by atoms with van der Waals surface area (Å²) in [6.07, 6.45) is 9.92. The maximum Gasteiger partial charge on any atom is 0.211 e. The van der Waals surface area contributed by atoms with E-state index in [0.29, 0.717) is 24.1 Å². The molecule has 128 valence electrons. The van der Waals surface area contributed by atoms with Crippen molar-refractivity contribution in [3.8, 4) is 0 Å². The summed E-state index contributed by atoms with van der Waals surface area (Å²) in [6.45, 7) is 4.34. The summed E-state index contributed by atoms with van der Waals surface area (Å²) in [5, 5.41) is 3.70. The zero-order valence-electron chi connectivity index (χ0n) is 13.9. The molecule has 22 heavy (non-hydrogen) atoms. The zero-order valence-corrected chi connectivity index (χ0v) is 14.7. The van der Waals surface area contributed by atoms with Crippen LogP contribution in [-0.4, -0.2) is 56.9 Å². The first kappa shape index (κ1) is 16.7. The second-order valence-corrected chi connectivity index (χ2v) is 9.19. The van der Waals surface area contributed by atoms with E-state index in [4.69, 9.17) is 4.74 Å². The van der Waals surface area contributed by atoms with Crippen LogP contribution in [-0.2, 0) is 14.8 Å². The van der Waals surface area contributed by atoms with E-state index in [1.807, 2.05) is 0 Å². The number of nitrogens with one attached hydrogen (secondary N) is 1. The van der Waals surface area contributed by atoms with Gasteiger partial charge in [0.05, 0.1) is 12.4 Å². The molecule has 0 bridgehead atoms. The largest absolute Gasteiger partial charge is 0.378 e. The van der Waals surface area contributed by atoms with Crippen LogP contribution in [0.2, 0.25) is 0 Å². The van der Waals surface area contributed by atoms with Crippen LogP contribution in [0, 0.1) is 5.41 Å². The van der Waals surface area contributed by atoms with Gasteiger partial charge in [-0.15, -0.1) is 0 Å². The van der Waals surface area contributed by atoms with Gasteiger partial charge in [-0.1, -0.05) is 12.8 Å². The number of ether oxygens (including phenoxy) is 1. The second kappa shape index (κ2) is 6.38. The molecule has 2 aliphatic carbocycles. The van der Waals surface area contributed by atoms with Gasteiger partial charge in [-0.3, -0.25) is 0 Å². The van der Waals surface area contributed by atoms with E-state index in [0.717, 1.165) is 32.4 Å². The second-order valence-electron chi connectivity index (χ2n) is 7.25. The first-order chi connectivity index (χ1) is 10.5. The van der Waals surface area contributed by atoms with Gasteiger partial charge in [-0.25, -0.2) is 8.42 Å². The highest BCUT2D eigenvalue weighted by Gasteiger charge is 2.56. The van der Waals surface area contributed by atoms with Crippen LogP contribution in [0.5, 0.6) is 0 Å². The van der Waals surface area contributed by atoms with Crippen molar-refractivity contribution in [1.29, 1.82) is 0 Å². The van der Waals surface area contributed by atoms with Gasteiger partial charge in [0.25, 0.3) is 0 Å². The summed E-state index contributed by atoms with van der Waals surface area (Å²) in [5.41, 5.74) is 0.324. The molecule has 1 aliphatic heterocycles. The van der Waals surface area contributed by atoms with Crippen LogP contribution >= 0.6 is 0 Å². The topological polar surface area (TPSA) is 58.6 Å². The van der Waals surface area contributed by atoms with E-state index in [-0.39, 0.29) is 6.04 Å². The minimum absolute atomic E-state index is 0.139. The minimum atomic E-state index is -3.07. The third kappa shape index (κ3) is 2.95. The third-order valence-electron chi connectivity index (χ3n) is 6.04. The fourth-order valence-electron chi connectivity index (χ4n) is 4.90. The summed E-state index contributed by atoms with van der Waals surface area (Å²) in [7, 11) is -3.07. The summed E-state index contributed by atoms with van der Waals surface area (Å²) >= 11 is 0. The van der Waals surface area contributed by atoms with Gasteiger partial charge in [0.2, 0.25) is 10.0 Å². The van der Waals surface area contributed by atoms with Crippen LogP contribution in [0.1, 0.15) is 51.9 Å². The van der Waals surface area contributed by atoms with E-state index in [2.05, 4.69) is 12.2 Å². The first-order valence-corrected chi connectivity index (χ1v) is 10.6. The molecule has 5 nitrogen and oxygen atoms in total. The van der Waals surface area contributed by atoms with Crippen LogP contribution in [0.4, 0.5) is 0 Å². The quantitative estimate of drug-likeness (QED) is 0.806. The summed E-state index contributed by atoms with van der Waals surface area (Å²) in [5.74, 6) is 0. The van der Waals surface area contributed by atoms with Crippen molar-refractivity contribution in [1.82, 2.24) is 9.62 Å². The Morgan fingerprint density at radius 3 is 2.64 bits per heavy atom. The number of sulfonamides is 1. The Hall–Kier alpha value is -0.170. The number of hydrogen-bond acceptors (Lipinski definition) is 4. The maximum atomic E-state index is 11.8.